The Balaban J connectivity index is 1.75. The van der Waals surface area contributed by atoms with Crippen molar-refractivity contribution in [1.82, 2.24) is 4.98 Å². The highest BCUT2D eigenvalue weighted by Gasteiger charge is 2.20. The molecular weight excluding hydrogens is 371 g/mol. The maximum atomic E-state index is 13.2. The third-order valence-electron chi connectivity index (χ3n) is 5.52. The van der Waals surface area contributed by atoms with E-state index in [1.807, 2.05) is 6.07 Å². The van der Waals surface area contributed by atoms with Gasteiger partial charge in [0.25, 0.3) is 0 Å². The van der Waals surface area contributed by atoms with Gasteiger partial charge in [0.2, 0.25) is 0 Å². The molecule has 0 atom stereocenters. The Morgan fingerprint density at radius 1 is 1.10 bits per heavy atom. The summed E-state index contributed by atoms with van der Waals surface area (Å²) in [6, 6.07) is 9.99. The number of hydrogen-bond acceptors (Lipinski definition) is 4. The highest BCUT2D eigenvalue weighted by atomic mass is 19.1. The molecule has 3 aromatic rings. The summed E-state index contributed by atoms with van der Waals surface area (Å²) >= 11 is 0. The number of nitrogens with zero attached hydrogens (tertiary/aromatic N) is 1. The molecule has 6 heteroatoms. The topological polar surface area (TPSA) is 82.5 Å². The molecule has 1 aliphatic carbocycles. The number of benzene rings is 2. The minimum Gasteiger partial charge on any atom is -0.505 e. The van der Waals surface area contributed by atoms with Gasteiger partial charge in [-0.1, -0.05) is 31.4 Å². The van der Waals surface area contributed by atoms with Crippen LogP contribution < -0.4 is 5.32 Å². The zero-order valence-electron chi connectivity index (χ0n) is 16.0. The zero-order valence-corrected chi connectivity index (χ0v) is 16.0. The Morgan fingerprint density at radius 3 is 2.52 bits per heavy atom. The van der Waals surface area contributed by atoms with Crippen molar-refractivity contribution in [3.05, 3.63) is 65.1 Å². The zero-order chi connectivity index (χ0) is 20.4. The number of aromatic carboxylic acids is 1. The number of halogens is 1. The quantitative estimate of drug-likeness (QED) is 0.524. The molecule has 1 aromatic heterocycles. The predicted molar refractivity (Wildman–Crippen MR) is 110 cm³/mol. The SMILES string of the molecule is O=C(O)c1cc(NC2CCCCC2)c2cc(Cc3ccc(F)cc3)cnc2c1O. The average molecular weight is 394 g/mol. The van der Waals surface area contributed by atoms with E-state index in [9.17, 15) is 19.4 Å². The van der Waals surface area contributed by atoms with E-state index in [0.29, 0.717) is 17.5 Å². The summed E-state index contributed by atoms with van der Waals surface area (Å²) in [5, 5.41) is 24.1. The lowest BCUT2D eigenvalue weighted by atomic mass is 9.94. The van der Waals surface area contributed by atoms with Gasteiger partial charge in [0.05, 0.1) is 0 Å². The maximum Gasteiger partial charge on any atom is 0.339 e. The van der Waals surface area contributed by atoms with Gasteiger partial charge in [-0.25, -0.2) is 9.18 Å². The van der Waals surface area contributed by atoms with Crippen molar-refractivity contribution in [3.63, 3.8) is 0 Å². The van der Waals surface area contributed by atoms with Crippen molar-refractivity contribution < 1.29 is 19.4 Å². The van der Waals surface area contributed by atoms with Crippen molar-refractivity contribution in [2.45, 2.75) is 44.6 Å². The molecular formula is C23H23FN2O3. The van der Waals surface area contributed by atoms with E-state index in [2.05, 4.69) is 10.3 Å². The van der Waals surface area contributed by atoms with E-state index < -0.39 is 5.97 Å². The van der Waals surface area contributed by atoms with E-state index >= 15 is 0 Å². The first-order valence-corrected chi connectivity index (χ1v) is 9.90. The van der Waals surface area contributed by atoms with E-state index in [0.717, 1.165) is 36.8 Å². The highest BCUT2D eigenvalue weighted by Crippen LogP contribution is 2.35. The second-order valence-corrected chi connectivity index (χ2v) is 7.65. The molecule has 0 aliphatic heterocycles. The normalized spacial score (nSPS) is 14.8. The molecule has 3 N–H and O–H groups in total. The van der Waals surface area contributed by atoms with Gasteiger partial charge in [0.15, 0.2) is 5.75 Å². The molecule has 150 valence electrons. The molecule has 1 heterocycles. The molecule has 0 spiro atoms. The summed E-state index contributed by atoms with van der Waals surface area (Å²) < 4.78 is 13.2. The molecule has 0 amide bonds. The minimum absolute atomic E-state index is 0.158. The lowest BCUT2D eigenvalue weighted by Gasteiger charge is -2.25. The number of aromatic nitrogens is 1. The van der Waals surface area contributed by atoms with Gasteiger partial charge in [-0.05, 0) is 54.7 Å². The number of carboxylic acid groups (broad SMARTS) is 1. The number of fused-ring (bicyclic) bond motifs is 1. The number of aromatic hydroxyl groups is 1. The van der Waals surface area contributed by atoms with Crippen LogP contribution in [0.25, 0.3) is 10.9 Å². The fourth-order valence-corrected chi connectivity index (χ4v) is 4.00. The second-order valence-electron chi connectivity index (χ2n) is 7.65. The highest BCUT2D eigenvalue weighted by molar-refractivity contribution is 6.04. The van der Waals surface area contributed by atoms with Crippen LogP contribution in [0.2, 0.25) is 0 Å². The Hall–Kier alpha value is -3.15. The summed E-state index contributed by atoms with van der Waals surface area (Å²) in [6.07, 6.45) is 7.77. The molecule has 1 saturated carbocycles. The largest absolute Gasteiger partial charge is 0.505 e. The maximum absolute atomic E-state index is 13.2. The molecule has 0 saturated heterocycles. The van der Waals surface area contributed by atoms with Crippen LogP contribution in [-0.2, 0) is 6.42 Å². The van der Waals surface area contributed by atoms with Crippen LogP contribution in [-0.4, -0.2) is 27.2 Å². The Labute approximate surface area is 168 Å². The van der Waals surface area contributed by atoms with E-state index in [-0.39, 0.29) is 28.7 Å². The molecule has 1 aliphatic rings. The van der Waals surface area contributed by atoms with Crippen LogP contribution in [0.5, 0.6) is 5.75 Å². The molecule has 29 heavy (non-hydrogen) atoms. The number of pyridine rings is 1. The van der Waals surface area contributed by atoms with Gasteiger partial charge in [0, 0.05) is 23.3 Å². The smallest absolute Gasteiger partial charge is 0.339 e. The fourth-order valence-electron chi connectivity index (χ4n) is 4.00. The summed E-state index contributed by atoms with van der Waals surface area (Å²) in [7, 11) is 0. The first kappa shape index (κ1) is 19.2. The second kappa shape index (κ2) is 8.07. The van der Waals surface area contributed by atoms with Gasteiger partial charge < -0.3 is 15.5 Å². The molecule has 0 bridgehead atoms. The summed E-state index contributed by atoms with van der Waals surface area (Å²) in [6.45, 7) is 0. The standard InChI is InChI=1S/C23H23FN2O3/c24-16-8-6-14(7-9-16)10-15-11-18-20(26-17-4-2-1-3-5-17)12-19(23(28)29)22(27)21(18)25-13-15/h6-9,11-13,17,26-27H,1-5,10H2,(H,28,29). The van der Waals surface area contributed by atoms with E-state index in [1.54, 1.807) is 18.3 Å². The first-order chi connectivity index (χ1) is 14.0. The van der Waals surface area contributed by atoms with Crippen LogP contribution >= 0.6 is 0 Å². The molecule has 1 fully saturated rings. The van der Waals surface area contributed by atoms with Gasteiger partial charge in [0.1, 0.15) is 16.9 Å². The monoisotopic (exact) mass is 394 g/mol. The molecule has 5 nitrogen and oxygen atoms in total. The minimum atomic E-state index is -1.19. The van der Waals surface area contributed by atoms with Gasteiger partial charge in [-0.3, -0.25) is 4.98 Å². The Bertz CT molecular complexity index is 1040. The lowest BCUT2D eigenvalue weighted by molar-refractivity contribution is 0.0694. The third-order valence-corrected chi connectivity index (χ3v) is 5.52. The third kappa shape index (κ3) is 4.16. The van der Waals surface area contributed by atoms with Crippen LogP contribution in [0.1, 0.15) is 53.6 Å². The van der Waals surface area contributed by atoms with Gasteiger partial charge in [-0.2, -0.15) is 0 Å². The van der Waals surface area contributed by atoms with E-state index in [4.69, 9.17) is 0 Å². The fraction of sp³-hybridized carbons (Fsp3) is 0.304. The van der Waals surface area contributed by atoms with Gasteiger partial charge >= 0.3 is 5.97 Å². The summed E-state index contributed by atoms with van der Waals surface area (Å²) in [5.41, 5.74) is 2.63. The van der Waals surface area contributed by atoms with Crippen molar-refractivity contribution in [1.29, 1.82) is 0 Å². The van der Waals surface area contributed by atoms with Crippen molar-refractivity contribution in [2.24, 2.45) is 0 Å². The molecule has 0 radical (unpaired) electrons. The molecule has 2 aromatic carbocycles. The lowest BCUT2D eigenvalue weighted by Crippen LogP contribution is -2.22. The van der Waals surface area contributed by atoms with Gasteiger partial charge in [-0.15, -0.1) is 0 Å². The number of anilines is 1. The molecule has 0 unspecified atom stereocenters. The van der Waals surface area contributed by atoms with Crippen LogP contribution in [0, 0.1) is 5.82 Å². The number of hydrogen-bond donors (Lipinski definition) is 3. The van der Waals surface area contributed by atoms with E-state index in [1.165, 1.54) is 24.6 Å². The average Bonchev–Trinajstić information content (AvgIpc) is 2.72. The van der Waals surface area contributed by atoms with Crippen molar-refractivity contribution in [2.75, 3.05) is 5.32 Å². The number of phenols is 1. The first-order valence-electron chi connectivity index (χ1n) is 9.90. The Morgan fingerprint density at radius 2 is 1.83 bits per heavy atom. The predicted octanol–water partition coefficient (Wildman–Crippen LogP) is 5.11. The molecule has 4 rings (SSSR count). The van der Waals surface area contributed by atoms with Crippen LogP contribution in [0.15, 0.2) is 42.6 Å². The Kier molecular flexibility index (Phi) is 5.34. The summed E-state index contributed by atoms with van der Waals surface area (Å²) in [4.78, 5) is 16.0. The number of carbonyl (C=O) groups is 1. The number of carboxylic acids is 1. The van der Waals surface area contributed by atoms with Crippen LogP contribution in [0.4, 0.5) is 10.1 Å². The number of nitrogens with one attached hydrogen (secondary N) is 1. The van der Waals surface area contributed by atoms with Crippen LogP contribution in [0.3, 0.4) is 0 Å². The summed E-state index contributed by atoms with van der Waals surface area (Å²) in [5.74, 6) is -1.79. The van der Waals surface area contributed by atoms with Crippen molar-refractivity contribution in [3.8, 4) is 5.75 Å². The number of rotatable bonds is 5. The van der Waals surface area contributed by atoms with Crippen molar-refractivity contribution >= 4 is 22.6 Å².